The van der Waals surface area contributed by atoms with Gasteiger partial charge in [0.05, 0.1) is 0 Å². The zero-order valence-electron chi connectivity index (χ0n) is 16.3. The summed E-state index contributed by atoms with van der Waals surface area (Å²) in [5, 5.41) is 0. The molecule has 2 atom stereocenters. The summed E-state index contributed by atoms with van der Waals surface area (Å²) in [5.41, 5.74) is 8.59. The van der Waals surface area contributed by atoms with E-state index in [-0.39, 0.29) is 35.7 Å². The largest absolute Gasteiger partial charge is 0.340 e. The van der Waals surface area contributed by atoms with E-state index in [0.717, 1.165) is 25.8 Å². The summed E-state index contributed by atoms with van der Waals surface area (Å²) in [7, 11) is 0. The second kappa shape index (κ2) is 9.38. The molecule has 3 rings (SSSR count). The molecule has 2 aromatic rings. The van der Waals surface area contributed by atoms with Gasteiger partial charge in [0.2, 0.25) is 5.91 Å². The maximum atomic E-state index is 13.1. The van der Waals surface area contributed by atoms with Crippen molar-refractivity contribution >= 4 is 18.3 Å². The number of nitrogens with zero attached hydrogens (tertiary/aromatic N) is 1. The Hall–Kier alpha value is -1.84. The van der Waals surface area contributed by atoms with Crippen molar-refractivity contribution in [3.8, 4) is 0 Å². The molecular weight excluding hydrogens is 356 g/mol. The van der Waals surface area contributed by atoms with Gasteiger partial charge in [-0.05, 0) is 30.4 Å². The lowest BCUT2D eigenvalue weighted by atomic mass is 9.85. The highest BCUT2D eigenvalue weighted by atomic mass is 35.5. The van der Waals surface area contributed by atoms with Crippen LogP contribution in [0.25, 0.3) is 0 Å². The average Bonchev–Trinajstić information content (AvgIpc) is 3.04. The molecule has 1 aliphatic heterocycles. The van der Waals surface area contributed by atoms with Gasteiger partial charge in [-0.1, -0.05) is 74.5 Å². The van der Waals surface area contributed by atoms with Gasteiger partial charge in [-0.15, -0.1) is 12.4 Å². The van der Waals surface area contributed by atoms with Crippen LogP contribution in [0.1, 0.15) is 43.7 Å². The summed E-state index contributed by atoms with van der Waals surface area (Å²) >= 11 is 0. The molecule has 0 aliphatic carbocycles. The summed E-state index contributed by atoms with van der Waals surface area (Å²) in [4.78, 5) is 15.1. The molecular formula is C23H31ClN2O. The predicted octanol–water partition coefficient (Wildman–Crippen LogP) is 4.41. The third-order valence-electron chi connectivity index (χ3n) is 5.57. The van der Waals surface area contributed by atoms with Gasteiger partial charge < -0.3 is 10.6 Å². The number of nitrogens with two attached hydrogens (primary N) is 1. The molecule has 27 heavy (non-hydrogen) atoms. The Morgan fingerprint density at radius 2 is 1.63 bits per heavy atom. The minimum absolute atomic E-state index is 0. The third-order valence-corrected chi connectivity index (χ3v) is 5.57. The summed E-state index contributed by atoms with van der Waals surface area (Å²) in [6, 6.07) is 20.8. The Morgan fingerprint density at radius 1 is 1.04 bits per heavy atom. The molecule has 0 spiro atoms. The maximum absolute atomic E-state index is 13.1. The molecule has 1 fully saturated rings. The topological polar surface area (TPSA) is 46.3 Å². The second-order valence-electron chi connectivity index (χ2n) is 8.11. The van der Waals surface area contributed by atoms with E-state index in [1.165, 1.54) is 11.1 Å². The van der Waals surface area contributed by atoms with E-state index in [2.05, 4.69) is 50.2 Å². The predicted molar refractivity (Wildman–Crippen MR) is 114 cm³/mol. The van der Waals surface area contributed by atoms with Gasteiger partial charge in [-0.2, -0.15) is 0 Å². The normalized spacial score (nSPS) is 19.6. The number of carbonyl (C=O) groups is 1. The van der Waals surface area contributed by atoms with Crippen molar-refractivity contribution in [3.05, 3.63) is 71.8 Å². The molecule has 0 bridgehead atoms. The second-order valence-corrected chi connectivity index (χ2v) is 8.11. The highest BCUT2D eigenvalue weighted by Gasteiger charge is 2.39. The Morgan fingerprint density at radius 3 is 2.26 bits per heavy atom. The zero-order valence-corrected chi connectivity index (χ0v) is 17.1. The van der Waals surface area contributed by atoms with Crippen molar-refractivity contribution in [2.75, 3.05) is 13.1 Å². The van der Waals surface area contributed by atoms with Crippen LogP contribution in [0.3, 0.4) is 0 Å². The standard InChI is InChI=1S/C23H30N2O.ClH/c1-23(2,15-9-12-18-10-5-3-6-11-18)22(26)25-16-20(21(24)17-25)19-13-7-4-8-14-19;/h3-8,10-11,13-14,20-21H,9,12,15-17,24H2,1-2H3;1H/t20-,21+;/m0./s1. The molecule has 0 saturated carbocycles. The van der Waals surface area contributed by atoms with Crippen LogP contribution in [0.2, 0.25) is 0 Å². The highest BCUT2D eigenvalue weighted by Crippen LogP contribution is 2.32. The summed E-state index contributed by atoms with van der Waals surface area (Å²) in [6.45, 7) is 5.52. The number of amides is 1. The number of hydrogen-bond acceptors (Lipinski definition) is 2. The Kier molecular flexibility index (Phi) is 7.46. The summed E-state index contributed by atoms with van der Waals surface area (Å²) in [6.07, 6.45) is 2.93. The smallest absolute Gasteiger partial charge is 0.228 e. The average molecular weight is 387 g/mol. The van der Waals surface area contributed by atoms with E-state index in [9.17, 15) is 4.79 Å². The minimum atomic E-state index is -0.347. The van der Waals surface area contributed by atoms with Gasteiger partial charge in [-0.3, -0.25) is 4.79 Å². The van der Waals surface area contributed by atoms with E-state index in [1.807, 2.05) is 29.2 Å². The molecule has 1 saturated heterocycles. The monoisotopic (exact) mass is 386 g/mol. The van der Waals surface area contributed by atoms with Crippen molar-refractivity contribution in [3.63, 3.8) is 0 Å². The van der Waals surface area contributed by atoms with Gasteiger partial charge in [0.15, 0.2) is 0 Å². The zero-order chi connectivity index (χ0) is 18.6. The first kappa shape index (κ1) is 21.5. The maximum Gasteiger partial charge on any atom is 0.228 e. The summed E-state index contributed by atoms with van der Waals surface area (Å²) < 4.78 is 0. The van der Waals surface area contributed by atoms with Crippen molar-refractivity contribution < 1.29 is 4.79 Å². The number of aryl methyl sites for hydroxylation is 1. The number of benzene rings is 2. The lowest BCUT2D eigenvalue weighted by Crippen LogP contribution is -2.40. The van der Waals surface area contributed by atoms with Gasteiger partial charge in [-0.25, -0.2) is 0 Å². The molecule has 146 valence electrons. The number of rotatable bonds is 6. The molecule has 1 heterocycles. The fraction of sp³-hybridized carbons (Fsp3) is 0.435. The van der Waals surface area contributed by atoms with Crippen LogP contribution in [0.5, 0.6) is 0 Å². The Balaban J connectivity index is 0.00000261. The summed E-state index contributed by atoms with van der Waals surface area (Å²) in [5.74, 6) is 0.472. The van der Waals surface area contributed by atoms with Crippen molar-refractivity contribution in [2.24, 2.45) is 11.1 Å². The van der Waals surface area contributed by atoms with Crippen LogP contribution in [0, 0.1) is 5.41 Å². The van der Waals surface area contributed by atoms with E-state index < -0.39 is 0 Å². The van der Waals surface area contributed by atoms with Gasteiger partial charge in [0, 0.05) is 30.5 Å². The number of likely N-dealkylation sites (tertiary alicyclic amines) is 1. The van der Waals surface area contributed by atoms with Gasteiger partial charge >= 0.3 is 0 Å². The van der Waals surface area contributed by atoms with Crippen molar-refractivity contribution in [1.82, 2.24) is 4.90 Å². The highest BCUT2D eigenvalue weighted by molar-refractivity contribution is 5.85. The molecule has 2 N–H and O–H groups in total. The third kappa shape index (κ3) is 5.33. The Labute approximate surface area is 169 Å². The van der Waals surface area contributed by atoms with Gasteiger partial charge in [0.25, 0.3) is 0 Å². The fourth-order valence-electron chi connectivity index (χ4n) is 3.96. The quantitative estimate of drug-likeness (QED) is 0.799. The van der Waals surface area contributed by atoms with E-state index in [4.69, 9.17) is 5.73 Å². The first-order chi connectivity index (χ1) is 12.5. The van der Waals surface area contributed by atoms with E-state index in [0.29, 0.717) is 6.54 Å². The molecule has 3 nitrogen and oxygen atoms in total. The van der Waals surface area contributed by atoms with Crippen LogP contribution in [-0.2, 0) is 11.2 Å². The molecule has 0 aromatic heterocycles. The fourth-order valence-corrected chi connectivity index (χ4v) is 3.96. The minimum Gasteiger partial charge on any atom is -0.340 e. The van der Waals surface area contributed by atoms with Crippen LogP contribution in [0.15, 0.2) is 60.7 Å². The van der Waals surface area contributed by atoms with Crippen LogP contribution in [-0.4, -0.2) is 29.9 Å². The lowest BCUT2D eigenvalue weighted by Gasteiger charge is -2.29. The van der Waals surface area contributed by atoms with Crippen molar-refractivity contribution in [2.45, 2.75) is 45.1 Å². The number of hydrogen-bond donors (Lipinski definition) is 1. The first-order valence-electron chi connectivity index (χ1n) is 9.61. The molecule has 2 aromatic carbocycles. The lowest BCUT2D eigenvalue weighted by molar-refractivity contribution is -0.139. The van der Waals surface area contributed by atoms with E-state index in [1.54, 1.807) is 0 Å². The molecule has 0 unspecified atom stereocenters. The van der Waals surface area contributed by atoms with E-state index >= 15 is 0 Å². The SMILES string of the molecule is CC(C)(CCCc1ccccc1)C(=O)N1C[C@@H](N)[C@H](c2ccccc2)C1.Cl. The van der Waals surface area contributed by atoms with Crippen LogP contribution in [0.4, 0.5) is 0 Å². The van der Waals surface area contributed by atoms with Gasteiger partial charge in [0.1, 0.15) is 0 Å². The Bertz CT molecular complexity index is 718. The first-order valence-corrected chi connectivity index (χ1v) is 9.61. The molecule has 1 aliphatic rings. The molecule has 0 radical (unpaired) electrons. The van der Waals surface area contributed by atoms with Crippen LogP contribution < -0.4 is 5.73 Å². The molecule has 1 amide bonds. The van der Waals surface area contributed by atoms with Crippen molar-refractivity contribution in [1.29, 1.82) is 0 Å². The number of carbonyl (C=O) groups excluding carboxylic acids is 1. The van der Waals surface area contributed by atoms with Crippen LogP contribution >= 0.6 is 12.4 Å². The molecule has 4 heteroatoms. The number of halogens is 1.